The Morgan fingerprint density at radius 1 is 1.79 bits per heavy atom. The van der Waals surface area contributed by atoms with Crippen molar-refractivity contribution >= 4 is 5.91 Å². The molecule has 82 valence electrons. The summed E-state index contributed by atoms with van der Waals surface area (Å²) in [6, 6.07) is -0.424. The number of rotatable bonds is 3. The lowest BCUT2D eigenvalue weighted by Gasteiger charge is -2.33. The first-order valence-corrected chi connectivity index (χ1v) is 4.95. The van der Waals surface area contributed by atoms with Gasteiger partial charge < -0.3 is 20.5 Å². The third-order valence-electron chi connectivity index (χ3n) is 2.41. The monoisotopic (exact) mass is 202 g/mol. The molecule has 0 aromatic heterocycles. The second-order valence-electron chi connectivity index (χ2n) is 3.47. The van der Waals surface area contributed by atoms with Gasteiger partial charge in [0.25, 0.3) is 0 Å². The van der Waals surface area contributed by atoms with Crippen LogP contribution in [0.4, 0.5) is 0 Å². The molecule has 0 saturated carbocycles. The average Bonchev–Trinajstić information content (AvgIpc) is 2.27. The van der Waals surface area contributed by atoms with Gasteiger partial charge in [-0.05, 0) is 6.42 Å². The second-order valence-corrected chi connectivity index (χ2v) is 3.47. The number of ether oxygens (including phenoxy) is 1. The summed E-state index contributed by atoms with van der Waals surface area (Å²) in [5, 5.41) is 8.89. The van der Waals surface area contributed by atoms with E-state index >= 15 is 0 Å². The normalized spacial score (nSPS) is 24.8. The molecule has 1 aliphatic rings. The third kappa shape index (κ3) is 2.67. The van der Waals surface area contributed by atoms with Gasteiger partial charge in [-0.3, -0.25) is 4.79 Å². The highest BCUT2D eigenvalue weighted by molar-refractivity contribution is 5.81. The van der Waals surface area contributed by atoms with Crippen LogP contribution in [0.25, 0.3) is 0 Å². The molecule has 3 N–H and O–H groups in total. The Kier molecular flexibility index (Phi) is 4.31. The molecule has 1 saturated heterocycles. The van der Waals surface area contributed by atoms with Crippen LogP contribution in [0.1, 0.15) is 13.3 Å². The van der Waals surface area contributed by atoms with Crippen LogP contribution in [0.2, 0.25) is 0 Å². The zero-order valence-electron chi connectivity index (χ0n) is 8.48. The fraction of sp³-hybridized carbons (Fsp3) is 0.889. The maximum atomic E-state index is 11.7. The molecule has 0 bridgehead atoms. The van der Waals surface area contributed by atoms with Crippen LogP contribution < -0.4 is 5.73 Å². The van der Waals surface area contributed by atoms with Crippen molar-refractivity contribution in [1.82, 2.24) is 4.90 Å². The lowest BCUT2D eigenvalue weighted by atomic mass is 10.2. The molecule has 1 fully saturated rings. The molecular weight excluding hydrogens is 184 g/mol. The molecule has 0 radical (unpaired) electrons. The number of hydrogen-bond donors (Lipinski definition) is 2. The van der Waals surface area contributed by atoms with E-state index in [9.17, 15) is 4.79 Å². The van der Waals surface area contributed by atoms with Gasteiger partial charge in [0, 0.05) is 13.1 Å². The van der Waals surface area contributed by atoms with Crippen molar-refractivity contribution in [2.45, 2.75) is 25.5 Å². The van der Waals surface area contributed by atoms with Crippen molar-refractivity contribution < 1.29 is 14.6 Å². The summed E-state index contributed by atoms with van der Waals surface area (Å²) in [5.41, 5.74) is 5.64. The van der Waals surface area contributed by atoms with Crippen molar-refractivity contribution in [3.63, 3.8) is 0 Å². The summed E-state index contributed by atoms with van der Waals surface area (Å²) in [6.45, 7) is 3.33. The molecule has 0 aliphatic carbocycles. The summed E-state index contributed by atoms with van der Waals surface area (Å²) in [4.78, 5) is 13.3. The highest BCUT2D eigenvalue weighted by atomic mass is 16.5. The summed E-state index contributed by atoms with van der Waals surface area (Å²) in [5.74, 6) is -0.0470. The summed E-state index contributed by atoms with van der Waals surface area (Å²) in [7, 11) is 0. The van der Waals surface area contributed by atoms with E-state index in [-0.39, 0.29) is 18.6 Å². The van der Waals surface area contributed by atoms with Crippen LogP contribution in [0.5, 0.6) is 0 Å². The first kappa shape index (κ1) is 11.4. The van der Waals surface area contributed by atoms with E-state index in [0.717, 1.165) is 0 Å². The van der Waals surface area contributed by atoms with E-state index in [0.29, 0.717) is 26.1 Å². The molecule has 1 aliphatic heterocycles. The predicted molar refractivity (Wildman–Crippen MR) is 51.7 cm³/mol. The van der Waals surface area contributed by atoms with Gasteiger partial charge in [-0.2, -0.15) is 0 Å². The van der Waals surface area contributed by atoms with E-state index in [4.69, 9.17) is 15.6 Å². The standard InChI is InChI=1S/C9H18N2O3/c1-2-8(10)9(13)11-3-4-14-7(5-11)6-12/h7-8,12H,2-6,10H2,1H3/t7?,8-/m0/s1. The van der Waals surface area contributed by atoms with Gasteiger partial charge in [0.15, 0.2) is 0 Å². The molecule has 0 aromatic rings. The Balaban J connectivity index is 2.47. The molecule has 1 unspecified atom stereocenters. The summed E-state index contributed by atoms with van der Waals surface area (Å²) < 4.78 is 5.24. The Morgan fingerprint density at radius 3 is 3.07 bits per heavy atom. The average molecular weight is 202 g/mol. The molecule has 1 rings (SSSR count). The number of aliphatic hydroxyl groups is 1. The van der Waals surface area contributed by atoms with Gasteiger partial charge in [0.05, 0.1) is 25.4 Å². The quantitative estimate of drug-likeness (QED) is 0.612. The topological polar surface area (TPSA) is 75.8 Å². The zero-order chi connectivity index (χ0) is 10.6. The zero-order valence-corrected chi connectivity index (χ0v) is 8.48. The van der Waals surface area contributed by atoms with Gasteiger partial charge in [0.1, 0.15) is 0 Å². The number of aliphatic hydroxyl groups excluding tert-OH is 1. The SMILES string of the molecule is CC[C@H](N)C(=O)N1CCOC(CO)C1. The minimum absolute atomic E-state index is 0.0470. The maximum absolute atomic E-state index is 11.7. The lowest BCUT2D eigenvalue weighted by molar-refractivity contribution is -0.141. The Morgan fingerprint density at radius 2 is 2.50 bits per heavy atom. The van der Waals surface area contributed by atoms with Crippen LogP contribution in [-0.2, 0) is 9.53 Å². The van der Waals surface area contributed by atoms with Gasteiger partial charge >= 0.3 is 0 Å². The number of carbonyl (C=O) groups is 1. The predicted octanol–water partition coefficient (Wildman–Crippen LogP) is -1.06. The van der Waals surface area contributed by atoms with E-state index < -0.39 is 6.04 Å². The number of amides is 1. The molecular formula is C9H18N2O3. The smallest absolute Gasteiger partial charge is 0.239 e. The Bertz CT molecular complexity index is 198. The second kappa shape index (κ2) is 5.29. The number of nitrogens with zero attached hydrogens (tertiary/aromatic N) is 1. The van der Waals surface area contributed by atoms with Crippen molar-refractivity contribution in [3.8, 4) is 0 Å². The maximum Gasteiger partial charge on any atom is 0.239 e. The fourth-order valence-corrected chi connectivity index (χ4v) is 1.44. The first-order valence-electron chi connectivity index (χ1n) is 4.95. The molecule has 1 heterocycles. The van der Waals surface area contributed by atoms with Crippen LogP contribution in [0.3, 0.4) is 0 Å². The number of carbonyl (C=O) groups excluding carboxylic acids is 1. The lowest BCUT2D eigenvalue weighted by Crippen LogP contribution is -2.52. The van der Waals surface area contributed by atoms with Gasteiger partial charge in [0.2, 0.25) is 5.91 Å². The molecule has 5 heteroatoms. The minimum atomic E-state index is -0.424. The first-order chi connectivity index (χ1) is 6.69. The van der Waals surface area contributed by atoms with E-state index in [2.05, 4.69) is 0 Å². The van der Waals surface area contributed by atoms with E-state index in [1.54, 1.807) is 4.90 Å². The number of nitrogens with two attached hydrogens (primary N) is 1. The van der Waals surface area contributed by atoms with Gasteiger partial charge in [-0.15, -0.1) is 0 Å². The largest absolute Gasteiger partial charge is 0.394 e. The Hall–Kier alpha value is -0.650. The number of hydrogen-bond acceptors (Lipinski definition) is 4. The van der Waals surface area contributed by atoms with Crippen molar-refractivity contribution in [3.05, 3.63) is 0 Å². The highest BCUT2D eigenvalue weighted by Crippen LogP contribution is 2.06. The van der Waals surface area contributed by atoms with Crippen LogP contribution >= 0.6 is 0 Å². The van der Waals surface area contributed by atoms with Crippen LogP contribution in [0.15, 0.2) is 0 Å². The minimum Gasteiger partial charge on any atom is -0.394 e. The summed E-state index contributed by atoms with van der Waals surface area (Å²) >= 11 is 0. The van der Waals surface area contributed by atoms with Crippen molar-refractivity contribution in [2.75, 3.05) is 26.3 Å². The summed E-state index contributed by atoms with van der Waals surface area (Å²) in [6.07, 6.45) is 0.386. The van der Waals surface area contributed by atoms with Gasteiger partial charge in [-0.1, -0.05) is 6.92 Å². The van der Waals surface area contributed by atoms with E-state index in [1.165, 1.54) is 0 Å². The Labute approximate surface area is 83.8 Å². The van der Waals surface area contributed by atoms with E-state index in [1.807, 2.05) is 6.92 Å². The van der Waals surface area contributed by atoms with Crippen molar-refractivity contribution in [2.24, 2.45) is 5.73 Å². The molecule has 0 spiro atoms. The third-order valence-corrected chi connectivity index (χ3v) is 2.41. The molecule has 14 heavy (non-hydrogen) atoms. The highest BCUT2D eigenvalue weighted by Gasteiger charge is 2.26. The van der Waals surface area contributed by atoms with Crippen LogP contribution in [-0.4, -0.2) is 54.4 Å². The molecule has 2 atom stereocenters. The molecule has 0 aromatic carbocycles. The molecule has 1 amide bonds. The van der Waals surface area contributed by atoms with Crippen molar-refractivity contribution in [1.29, 1.82) is 0 Å². The van der Waals surface area contributed by atoms with Crippen LogP contribution in [0, 0.1) is 0 Å². The number of morpholine rings is 1. The van der Waals surface area contributed by atoms with Gasteiger partial charge in [-0.25, -0.2) is 0 Å². The fourth-order valence-electron chi connectivity index (χ4n) is 1.44. The molecule has 5 nitrogen and oxygen atoms in total.